The molecule has 0 radical (unpaired) electrons. The van der Waals surface area contributed by atoms with Crippen molar-refractivity contribution in [2.24, 2.45) is 11.7 Å². The van der Waals surface area contributed by atoms with Gasteiger partial charge in [0.1, 0.15) is 11.6 Å². The van der Waals surface area contributed by atoms with Crippen molar-refractivity contribution in [2.75, 3.05) is 26.3 Å². The molecule has 1 heterocycles. The van der Waals surface area contributed by atoms with Crippen LogP contribution in [0.25, 0.3) is 0 Å². The van der Waals surface area contributed by atoms with E-state index in [1.54, 1.807) is 4.90 Å². The van der Waals surface area contributed by atoms with E-state index in [1.165, 1.54) is 13.8 Å². The van der Waals surface area contributed by atoms with Crippen molar-refractivity contribution in [1.29, 1.82) is 0 Å². The SMILES string of the molecule is CC(C)C[C@H](NC(=O)N1CCOCC1)C(=O)NC(C)(C)C(N)=O. The maximum atomic E-state index is 12.4. The molecule has 8 nitrogen and oxygen atoms in total. The molecule has 4 amide bonds. The van der Waals surface area contributed by atoms with Crippen molar-refractivity contribution >= 4 is 17.8 Å². The van der Waals surface area contributed by atoms with Crippen LogP contribution in [0.1, 0.15) is 34.1 Å². The number of primary amides is 1. The predicted molar refractivity (Wildman–Crippen MR) is 85.6 cm³/mol. The first-order valence-corrected chi connectivity index (χ1v) is 7.88. The average Bonchev–Trinajstić information content (AvgIpc) is 2.46. The van der Waals surface area contributed by atoms with Gasteiger partial charge in [-0.1, -0.05) is 13.8 Å². The minimum absolute atomic E-state index is 0.201. The molecule has 0 aliphatic carbocycles. The van der Waals surface area contributed by atoms with E-state index >= 15 is 0 Å². The second kappa shape index (κ2) is 8.14. The van der Waals surface area contributed by atoms with Gasteiger partial charge in [0, 0.05) is 13.1 Å². The fourth-order valence-corrected chi connectivity index (χ4v) is 2.17. The molecule has 1 aliphatic heterocycles. The summed E-state index contributed by atoms with van der Waals surface area (Å²) in [5.41, 5.74) is 4.10. The lowest BCUT2D eigenvalue weighted by Crippen LogP contribution is -2.59. The number of carbonyl (C=O) groups excluding carboxylic acids is 3. The number of nitrogens with zero attached hydrogens (tertiary/aromatic N) is 1. The molecule has 0 aromatic rings. The Kier molecular flexibility index (Phi) is 6.80. The number of ether oxygens (including phenoxy) is 1. The zero-order chi connectivity index (χ0) is 17.6. The summed E-state index contributed by atoms with van der Waals surface area (Å²) in [6.45, 7) is 8.95. The van der Waals surface area contributed by atoms with Gasteiger partial charge in [0.05, 0.1) is 13.2 Å². The number of morpholine rings is 1. The second-order valence-electron chi connectivity index (χ2n) is 6.71. The van der Waals surface area contributed by atoms with Crippen molar-refractivity contribution in [3.8, 4) is 0 Å². The first kappa shape index (κ1) is 19.2. The monoisotopic (exact) mass is 328 g/mol. The molecule has 8 heteroatoms. The first-order valence-electron chi connectivity index (χ1n) is 7.88. The van der Waals surface area contributed by atoms with Gasteiger partial charge in [0.2, 0.25) is 11.8 Å². The number of nitrogens with two attached hydrogens (primary N) is 1. The Balaban J connectivity index is 2.72. The lowest BCUT2D eigenvalue weighted by molar-refractivity contribution is -0.131. The molecule has 0 spiro atoms. The molecule has 1 rings (SSSR count). The van der Waals surface area contributed by atoms with Gasteiger partial charge in [-0.2, -0.15) is 0 Å². The summed E-state index contributed by atoms with van der Waals surface area (Å²) in [5.74, 6) is -0.842. The van der Waals surface area contributed by atoms with Crippen LogP contribution in [-0.4, -0.2) is 60.6 Å². The average molecular weight is 328 g/mol. The fourth-order valence-electron chi connectivity index (χ4n) is 2.17. The van der Waals surface area contributed by atoms with E-state index in [2.05, 4.69) is 10.6 Å². The molecule has 0 saturated carbocycles. The molecule has 0 aromatic heterocycles. The van der Waals surface area contributed by atoms with Crippen molar-refractivity contribution in [2.45, 2.75) is 45.7 Å². The molecule has 4 N–H and O–H groups in total. The quantitative estimate of drug-likeness (QED) is 0.627. The Morgan fingerprint density at radius 1 is 1.22 bits per heavy atom. The molecule has 0 unspecified atom stereocenters. The van der Waals surface area contributed by atoms with Crippen LogP contribution in [0.2, 0.25) is 0 Å². The topological polar surface area (TPSA) is 114 Å². The van der Waals surface area contributed by atoms with E-state index in [0.717, 1.165) is 0 Å². The highest BCUT2D eigenvalue weighted by atomic mass is 16.5. The summed E-state index contributed by atoms with van der Waals surface area (Å²) < 4.78 is 5.21. The van der Waals surface area contributed by atoms with Crippen LogP contribution in [-0.2, 0) is 14.3 Å². The number of rotatable bonds is 6. The van der Waals surface area contributed by atoms with Gasteiger partial charge in [-0.15, -0.1) is 0 Å². The summed E-state index contributed by atoms with van der Waals surface area (Å²) in [6, 6.07) is -1.02. The van der Waals surface area contributed by atoms with Crippen LogP contribution in [0.5, 0.6) is 0 Å². The number of hydrogen-bond acceptors (Lipinski definition) is 4. The van der Waals surface area contributed by atoms with Crippen LogP contribution in [0.3, 0.4) is 0 Å². The highest BCUT2D eigenvalue weighted by Crippen LogP contribution is 2.09. The Morgan fingerprint density at radius 2 is 1.78 bits per heavy atom. The molecule has 132 valence electrons. The van der Waals surface area contributed by atoms with E-state index in [-0.39, 0.29) is 11.9 Å². The summed E-state index contributed by atoms with van der Waals surface area (Å²) >= 11 is 0. The van der Waals surface area contributed by atoms with E-state index < -0.39 is 23.4 Å². The van der Waals surface area contributed by atoms with Gasteiger partial charge in [0.25, 0.3) is 0 Å². The van der Waals surface area contributed by atoms with Crippen LogP contribution < -0.4 is 16.4 Å². The fraction of sp³-hybridized carbons (Fsp3) is 0.800. The maximum Gasteiger partial charge on any atom is 0.318 e. The standard InChI is InChI=1S/C15H28N4O4/c1-10(2)9-11(12(20)18-15(3,4)13(16)21)17-14(22)19-5-7-23-8-6-19/h10-11H,5-9H2,1-4H3,(H2,16,21)(H,17,22)(H,18,20)/t11-/m0/s1. The van der Waals surface area contributed by atoms with Crippen LogP contribution in [0, 0.1) is 5.92 Å². The predicted octanol–water partition coefficient (Wildman–Crippen LogP) is -0.177. The largest absolute Gasteiger partial charge is 0.378 e. The third-order valence-corrected chi connectivity index (χ3v) is 3.67. The maximum absolute atomic E-state index is 12.4. The van der Waals surface area contributed by atoms with Gasteiger partial charge in [0.15, 0.2) is 0 Å². The highest BCUT2D eigenvalue weighted by Gasteiger charge is 2.32. The summed E-state index contributed by atoms with van der Waals surface area (Å²) in [7, 11) is 0. The molecule has 1 atom stereocenters. The Bertz CT molecular complexity index is 445. The summed E-state index contributed by atoms with van der Waals surface area (Å²) in [6.07, 6.45) is 0.469. The minimum atomic E-state index is -1.17. The molecule has 0 bridgehead atoms. The van der Waals surface area contributed by atoms with Crippen molar-refractivity contribution in [3.05, 3.63) is 0 Å². The molecular weight excluding hydrogens is 300 g/mol. The van der Waals surface area contributed by atoms with E-state index in [9.17, 15) is 14.4 Å². The zero-order valence-corrected chi connectivity index (χ0v) is 14.3. The number of carbonyl (C=O) groups is 3. The molecule has 0 aromatic carbocycles. The number of nitrogens with one attached hydrogen (secondary N) is 2. The third kappa shape index (κ3) is 6.05. The Morgan fingerprint density at radius 3 is 2.26 bits per heavy atom. The first-order chi connectivity index (χ1) is 10.6. The summed E-state index contributed by atoms with van der Waals surface area (Å²) in [4.78, 5) is 37.7. The highest BCUT2D eigenvalue weighted by molar-refractivity contribution is 5.93. The van der Waals surface area contributed by atoms with Gasteiger partial charge in [-0.25, -0.2) is 4.79 Å². The smallest absolute Gasteiger partial charge is 0.318 e. The lowest BCUT2D eigenvalue weighted by Gasteiger charge is -2.31. The molecule has 1 saturated heterocycles. The van der Waals surface area contributed by atoms with Crippen molar-refractivity contribution < 1.29 is 19.1 Å². The number of hydrogen-bond donors (Lipinski definition) is 3. The Hall–Kier alpha value is -1.83. The van der Waals surface area contributed by atoms with E-state index in [0.29, 0.717) is 32.7 Å². The summed E-state index contributed by atoms with van der Waals surface area (Å²) in [5, 5.41) is 5.34. The van der Waals surface area contributed by atoms with Crippen LogP contribution in [0.4, 0.5) is 4.79 Å². The van der Waals surface area contributed by atoms with Gasteiger partial charge in [-0.05, 0) is 26.2 Å². The van der Waals surface area contributed by atoms with E-state index in [4.69, 9.17) is 10.5 Å². The van der Waals surface area contributed by atoms with Crippen LogP contribution >= 0.6 is 0 Å². The van der Waals surface area contributed by atoms with Crippen LogP contribution in [0.15, 0.2) is 0 Å². The number of amides is 4. The number of urea groups is 1. The van der Waals surface area contributed by atoms with Gasteiger partial charge in [-0.3, -0.25) is 9.59 Å². The second-order valence-corrected chi connectivity index (χ2v) is 6.71. The molecule has 23 heavy (non-hydrogen) atoms. The molecule has 1 aliphatic rings. The van der Waals surface area contributed by atoms with Gasteiger partial charge < -0.3 is 26.0 Å². The van der Waals surface area contributed by atoms with E-state index in [1.807, 2.05) is 13.8 Å². The van der Waals surface area contributed by atoms with Crippen molar-refractivity contribution in [1.82, 2.24) is 15.5 Å². The molecule has 1 fully saturated rings. The minimum Gasteiger partial charge on any atom is -0.378 e. The van der Waals surface area contributed by atoms with Crippen molar-refractivity contribution in [3.63, 3.8) is 0 Å². The zero-order valence-electron chi connectivity index (χ0n) is 14.3. The molecular formula is C15H28N4O4. The lowest BCUT2D eigenvalue weighted by atomic mass is 10.00. The normalized spacial score (nSPS) is 16.8. The third-order valence-electron chi connectivity index (χ3n) is 3.67. The Labute approximate surface area is 137 Å². The van der Waals surface area contributed by atoms with Gasteiger partial charge >= 0.3 is 6.03 Å².